The number of hydrogen-bond acceptors (Lipinski definition) is 7. The Morgan fingerprint density at radius 2 is 1.82 bits per heavy atom. The number of rotatable bonds is 7. The van der Waals surface area contributed by atoms with E-state index in [1.165, 1.54) is 13.2 Å². The maximum atomic E-state index is 13.5. The van der Waals surface area contributed by atoms with Crippen LogP contribution in [0.2, 0.25) is 0 Å². The topological polar surface area (TPSA) is 131 Å². The molecule has 10 nitrogen and oxygen atoms in total. The number of alkyl halides is 3. The fraction of sp³-hybridized carbons (Fsp3) is 0.500. The first kappa shape index (κ1) is 30.2. The minimum Gasteiger partial charge on any atom is -0.453 e. The molecule has 1 saturated heterocycles. The average molecular weight is 635 g/mol. The zero-order valence-corrected chi connectivity index (χ0v) is 25.2. The molecule has 2 unspecified atom stereocenters. The number of likely N-dealkylation sites (tertiary alicyclic amines) is 1. The van der Waals surface area contributed by atoms with E-state index in [1.54, 1.807) is 11.0 Å². The van der Waals surface area contributed by atoms with E-state index >= 15 is 0 Å². The molecule has 2 amide bonds. The molecular weight excluding hydrogens is 601 g/mol. The van der Waals surface area contributed by atoms with E-state index in [4.69, 9.17) is 9.72 Å². The normalized spacial score (nSPS) is 22.0. The van der Waals surface area contributed by atoms with Crippen LogP contribution in [0.3, 0.4) is 0 Å². The number of nitrogens with zero attached hydrogens (tertiary/aromatic N) is 2. The molecule has 0 spiro atoms. The smallest absolute Gasteiger partial charge is 0.453 e. The summed E-state index contributed by atoms with van der Waals surface area (Å²) in [6.45, 7) is 4.22. The number of amides is 2. The van der Waals surface area contributed by atoms with Gasteiger partial charge in [-0.25, -0.2) is 9.78 Å². The van der Waals surface area contributed by atoms with Crippen LogP contribution in [0.25, 0.3) is 22.2 Å². The lowest BCUT2D eigenvalue weighted by atomic mass is 9.85. The van der Waals surface area contributed by atoms with Crippen molar-refractivity contribution in [1.82, 2.24) is 20.2 Å². The summed E-state index contributed by atoms with van der Waals surface area (Å²) in [5, 5.41) is 2.64. The Labute approximate surface area is 252 Å². The quantitative estimate of drug-likeness (QED) is 0.246. The molecule has 236 valence electrons. The zero-order valence-electron chi connectivity index (χ0n) is 24.4. The van der Waals surface area contributed by atoms with Crippen molar-refractivity contribution >= 4 is 33.2 Å². The number of carbonyl (C=O) groups excluding carboxylic acids is 2. The highest BCUT2D eigenvalue weighted by Gasteiger charge is 2.50. The summed E-state index contributed by atoms with van der Waals surface area (Å²) in [5.74, 6) is 0.0169. The van der Waals surface area contributed by atoms with E-state index in [2.05, 4.69) is 14.5 Å². The second kappa shape index (κ2) is 11.0. The van der Waals surface area contributed by atoms with Crippen LogP contribution in [-0.4, -0.2) is 60.5 Å². The van der Waals surface area contributed by atoms with Crippen molar-refractivity contribution in [3.8, 4) is 16.9 Å². The zero-order chi connectivity index (χ0) is 31.6. The summed E-state index contributed by atoms with van der Waals surface area (Å²) in [7, 11) is -4.55. The average Bonchev–Trinajstić information content (AvgIpc) is 3.77. The maximum Gasteiger partial charge on any atom is 0.534 e. The van der Waals surface area contributed by atoms with Crippen molar-refractivity contribution in [3.05, 3.63) is 47.3 Å². The van der Waals surface area contributed by atoms with E-state index in [9.17, 15) is 31.2 Å². The second-order valence-corrected chi connectivity index (χ2v) is 13.6. The number of ether oxygens (including phenoxy) is 1. The first-order valence-corrected chi connectivity index (χ1v) is 16.0. The number of aromatic amines is 1. The Bertz CT molecular complexity index is 1740. The largest absolute Gasteiger partial charge is 0.534 e. The Kier molecular flexibility index (Phi) is 7.53. The van der Waals surface area contributed by atoms with Crippen molar-refractivity contribution in [3.63, 3.8) is 0 Å². The van der Waals surface area contributed by atoms with Gasteiger partial charge < -0.3 is 24.1 Å². The van der Waals surface area contributed by atoms with Crippen LogP contribution in [0.5, 0.6) is 5.75 Å². The van der Waals surface area contributed by atoms with Gasteiger partial charge in [-0.05, 0) is 84.7 Å². The van der Waals surface area contributed by atoms with Crippen molar-refractivity contribution in [1.29, 1.82) is 0 Å². The first-order chi connectivity index (χ1) is 20.8. The number of benzene rings is 2. The number of alkyl carbamates (subject to hydrolysis) is 1. The lowest BCUT2D eigenvalue weighted by Crippen LogP contribution is -2.51. The van der Waals surface area contributed by atoms with Crippen LogP contribution in [0, 0.1) is 5.92 Å². The molecule has 6 rings (SSSR count). The van der Waals surface area contributed by atoms with Crippen LogP contribution >= 0.6 is 0 Å². The summed E-state index contributed by atoms with van der Waals surface area (Å²) in [6.07, 6.45) is 3.15. The summed E-state index contributed by atoms with van der Waals surface area (Å²) in [5.41, 5.74) is -1.12. The first-order valence-electron chi connectivity index (χ1n) is 14.6. The van der Waals surface area contributed by atoms with Gasteiger partial charge in [-0.15, -0.1) is 0 Å². The molecule has 44 heavy (non-hydrogen) atoms. The summed E-state index contributed by atoms with van der Waals surface area (Å²) in [6, 6.07) is 7.51. The summed E-state index contributed by atoms with van der Waals surface area (Å²) < 4.78 is 72.3. The highest BCUT2D eigenvalue weighted by atomic mass is 32.2. The highest BCUT2D eigenvalue weighted by molar-refractivity contribution is 7.88. The minimum absolute atomic E-state index is 0.0647. The number of methoxy groups -OCH3 is 1. The van der Waals surface area contributed by atoms with Crippen molar-refractivity contribution < 1.29 is 40.1 Å². The SMILES string of the molecule is COC(=O)N[C@H](C(=O)N1CCC[C@H]1c1nc2ccc(-c3ccc(OS(=O)(=O)C(F)(F)F)c4c3C3CCC4C3)cc2[nH]1)C(C)C. The van der Waals surface area contributed by atoms with Gasteiger partial charge in [0, 0.05) is 12.1 Å². The van der Waals surface area contributed by atoms with E-state index in [-0.39, 0.29) is 35.5 Å². The number of H-pyrrole nitrogens is 1. The predicted molar refractivity (Wildman–Crippen MR) is 154 cm³/mol. The summed E-state index contributed by atoms with van der Waals surface area (Å²) in [4.78, 5) is 35.3. The molecule has 1 aromatic heterocycles. The van der Waals surface area contributed by atoms with Gasteiger partial charge in [-0.1, -0.05) is 26.0 Å². The number of nitrogens with one attached hydrogen (secondary N) is 2. The third-order valence-electron chi connectivity index (χ3n) is 9.03. The molecule has 1 aliphatic heterocycles. The molecule has 2 N–H and O–H groups in total. The minimum atomic E-state index is -5.80. The van der Waals surface area contributed by atoms with Crippen LogP contribution in [0.4, 0.5) is 18.0 Å². The number of imidazole rings is 1. The Hall–Kier alpha value is -3.81. The fourth-order valence-corrected chi connectivity index (χ4v) is 7.50. The second-order valence-electron chi connectivity index (χ2n) is 12.0. The molecule has 2 bridgehead atoms. The number of carbonyl (C=O) groups is 2. The van der Waals surface area contributed by atoms with Gasteiger partial charge in [0.1, 0.15) is 17.6 Å². The number of aromatic nitrogens is 2. The van der Waals surface area contributed by atoms with Crippen molar-refractivity contribution in [2.45, 2.75) is 75.4 Å². The molecule has 1 saturated carbocycles. The van der Waals surface area contributed by atoms with Crippen molar-refractivity contribution in [2.75, 3.05) is 13.7 Å². The monoisotopic (exact) mass is 634 g/mol. The molecule has 2 fully saturated rings. The number of fused-ring (bicyclic) bond motifs is 6. The maximum absolute atomic E-state index is 13.5. The Morgan fingerprint density at radius 1 is 1.09 bits per heavy atom. The van der Waals surface area contributed by atoms with Crippen LogP contribution in [-0.2, 0) is 19.6 Å². The third kappa shape index (κ3) is 5.16. The van der Waals surface area contributed by atoms with Gasteiger partial charge in [0.2, 0.25) is 5.91 Å². The molecule has 2 aliphatic carbocycles. The van der Waals surface area contributed by atoms with E-state index in [1.807, 2.05) is 32.0 Å². The Balaban J connectivity index is 1.32. The fourth-order valence-electron chi connectivity index (χ4n) is 7.02. The van der Waals surface area contributed by atoms with Gasteiger partial charge in [-0.2, -0.15) is 21.6 Å². The van der Waals surface area contributed by atoms with E-state index in [0.717, 1.165) is 47.9 Å². The van der Waals surface area contributed by atoms with Gasteiger partial charge in [-0.3, -0.25) is 4.79 Å². The molecular formula is C30H33F3N4O6S. The summed E-state index contributed by atoms with van der Waals surface area (Å²) >= 11 is 0. The highest BCUT2D eigenvalue weighted by Crippen LogP contribution is 2.58. The van der Waals surface area contributed by atoms with Crippen molar-refractivity contribution in [2.24, 2.45) is 5.92 Å². The lowest BCUT2D eigenvalue weighted by Gasteiger charge is -2.29. The van der Waals surface area contributed by atoms with Crippen LogP contribution in [0.1, 0.15) is 80.8 Å². The molecule has 0 radical (unpaired) electrons. The van der Waals surface area contributed by atoms with E-state index in [0.29, 0.717) is 29.9 Å². The third-order valence-corrected chi connectivity index (χ3v) is 10.00. The van der Waals surface area contributed by atoms with Crippen LogP contribution < -0.4 is 9.50 Å². The molecule has 4 atom stereocenters. The van der Waals surface area contributed by atoms with E-state index < -0.39 is 27.8 Å². The molecule has 3 aromatic rings. The van der Waals surface area contributed by atoms with Gasteiger partial charge in [0.15, 0.2) is 0 Å². The number of halogens is 3. The molecule has 2 heterocycles. The molecule has 14 heteroatoms. The van der Waals surface area contributed by atoms with Crippen LogP contribution in [0.15, 0.2) is 30.3 Å². The predicted octanol–water partition coefficient (Wildman–Crippen LogP) is 5.87. The number of hydrogen-bond donors (Lipinski definition) is 2. The molecule has 2 aromatic carbocycles. The molecule has 3 aliphatic rings. The lowest BCUT2D eigenvalue weighted by molar-refractivity contribution is -0.135. The van der Waals surface area contributed by atoms with Gasteiger partial charge in [0.05, 0.1) is 24.2 Å². The van der Waals surface area contributed by atoms with Gasteiger partial charge >= 0.3 is 21.7 Å². The Morgan fingerprint density at radius 3 is 2.50 bits per heavy atom. The standard InChI is InChI=1S/C30H33F3N4O6S/c1-15(2)26(36-29(39)42-3)28(38)37-12-4-5-22(37)27-34-20-10-8-16(14-21(20)35-27)19-9-11-23(43-44(40,41)30(31,32)33)25-18-7-6-17(13-18)24(19)25/h8-11,14-15,17-18,22,26H,4-7,12-13H2,1-3H3,(H,34,35)(H,36,39)/t17?,18?,22-,26-/m0/s1. The van der Waals surface area contributed by atoms with Gasteiger partial charge in [0.25, 0.3) is 0 Å².